The van der Waals surface area contributed by atoms with Crippen LogP contribution in [0.3, 0.4) is 0 Å². The highest BCUT2D eigenvalue weighted by molar-refractivity contribution is 6.07. The maximum Gasteiger partial charge on any atom is 0.341 e. The number of nitrogens with one attached hydrogen (secondary N) is 2. The Hall–Kier alpha value is -2.83. The van der Waals surface area contributed by atoms with Crippen molar-refractivity contribution >= 4 is 17.7 Å². The van der Waals surface area contributed by atoms with Gasteiger partial charge in [0.25, 0.3) is 5.91 Å². The molecule has 0 atom stereocenters. The molecular weight excluding hydrogens is 250 g/mol. The summed E-state index contributed by atoms with van der Waals surface area (Å²) in [5.41, 5.74) is 0.251. The number of methoxy groups -OCH3 is 1. The van der Waals surface area contributed by atoms with Crippen LogP contribution >= 0.6 is 0 Å². The van der Waals surface area contributed by atoms with Crippen molar-refractivity contribution < 1.29 is 19.4 Å². The van der Waals surface area contributed by atoms with Crippen LogP contribution in [0.4, 0.5) is 5.82 Å². The smallest absolute Gasteiger partial charge is 0.341 e. The lowest BCUT2D eigenvalue weighted by molar-refractivity contribution is 0.0698. The van der Waals surface area contributed by atoms with Crippen LogP contribution in [-0.2, 0) is 0 Å². The van der Waals surface area contributed by atoms with Crippen LogP contribution in [0.5, 0.6) is 5.75 Å². The van der Waals surface area contributed by atoms with Crippen LogP contribution in [0.2, 0.25) is 0 Å². The van der Waals surface area contributed by atoms with E-state index in [1.54, 1.807) is 24.3 Å². The molecule has 7 heteroatoms. The molecule has 0 bridgehead atoms. The third kappa shape index (κ3) is 2.71. The van der Waals surface area contributed by atoms with Crippen molar-refractivity contribution in [3.05, 3.63) is 41.6 Å². The van der Waals surface area contributed by atoms with E-state index in [0.29, 0.717) is 11.3 Å². The number of aromatic carboxylic acids is 1. The Labute approximate surface area is 108 Å². The normalized spacial score (nSPS) is 9.95. The number of benzene rings is 1. The fourth-order valence-corrected chi connectivity index (χ4v) is 1.49. The van der Waals surface area contributed by atoms with Gasteiger partial charge >= 0.3 is 5.97 Å². The molecule has 2 aromatic rings. The molecule has 7 nitrogen and oxygen atoms in total. The lowest BCUT2D eigenvalue weighted by Crippen LogP contribution is -2.14. The number of ether oxygens (including phenoxy) is 1. The molecule has 98 valence electrons. The molecule has 0 spiro atoms. The fraction of sp³-hybridized carbons (Fsp3) is 0.0833. The maximum absolute atomic E-state index is 11.9. The Morgan fingerprint density at radius 1 is 1.42 bits per heavy atom. The van der Waals surface area contributed by atoms with Gasteiger partial charge in [-0.15, -0.1) is 0 Å². The van der Waals surface area contributed by atoms with E-state index < -0.39 is 11.9 Å². The molecule has 0 aliphatic heterocycles. The number of anilines is 1. The van der Waals surface area contributed by atoms with Crippen molar-refractivity contribution in [1.82, 2.24) is 10.2 Å². The number of carboxylic acid groups (broad SMARTS) is 1. The Kier molecular flexibility index (Phi) is 3.46. The standard InChI is InChI=1S/C12H11N3O4/c1-19-8-4-2-3-7(5-8)11(16)14-10-9(12(17)18)6-13-15-10/h2-6H,1H3,(H,17,18)(H2,13,14,15,16). The number of aromatic nitrogens is 2. The van der Waals surface area contributed by atoms with E-state index in [1.807, 2.05) is 0 Å². The van der Waals surface area contributed by atoms with Gasteiger partial charge < -0.3 is 15.2 Å². The topological polar surface area (TPSA) is 104 Å². The first-order valence-corrected chi connectivity index (χ1v) is 5.34. The van der Waals surface area contributed by atoms with Gasteiger partial charge in [0.15, 0.2) is 0 Å². The number of nitrogens with zero attached hydrogens (tertiary/aromatic N) is 1. The van der Waals surface area contributed by atoms with E-state index in [2.05, 4.69) is 15.5 Å². The van der Waals surface area contributed by atoms with Gasteiger partial charge in [0.2, 0.25) is 0 Å². The third-order valence-electron chi connectivity index (χ3n) is 2.44. The zero-order valence-electron chi connectivity index (χ0n) is 10.0. The van der Waals surface area contributed by atoms with E-state index in [-0.39, 0.29) is 11.4 Å². The van der Waals surface area contributed by atoms with Crippen LogP contribution in [0, 0.1) is 0 Å². The molecular formula is C12H11N3O4. The summed E-state index contributed by atoms with van der Waals surface area (Å²) in [6.45, 7) is 0. The van der Waals surface area contributed by atoms with E-state index in [9.17, 15) is 9.59 Å². The summed E-state index contributed by atoms with van der Waals surface area (Å²) in [7, 11) is 1.49. The molecule has 0 unspecified atom stereocenters. The molecule has 2 rings (SSSR count). The minimum Gasteiger partial charge on any atom is -0.497 e. The van der Waals surface area contributed by atoms with Gasteiger partial charge in [-0.1, -0.05) is 6.07 Å². The van der Waals surface area contributed by atoms with Crippen LogP contribution in [0.1, 0.15) is 20.7 Å². The van der Waals surface area contributed by atoms with E-state index in [4.69, 9.17) is 9.84 Å². The zero-order chi connectivity index (χ0) is 13.8. The summed E-state index contributed by atoms with van der Waals surface area (Å²) < 4.78 is 5.01. The predicted molar refractivity (Wildman–Crippen MR) is 66.5 cm³/mol. The number of carbonyl (C=O) groups excluding carboxylic acids is 1. The number of carboxylic acids is 1. The van der Waals surface area contributed by atoms with Crippen molar-refractivity contribution in [2.45, 2.75) is 0 Å². The van der Waals surface area contributed by atoms with Crippen molar-refractivity contribution in [3.8, 4) is 5.75 Å². The van der Waals surface area contributed by atoms with Gasteiger partial charge in [-0.25, -0.2) is 4.79 Å². The van der Waals surface area contributed by atoms with E-state index >= 15 is 0 Å². The van der Waals surface area contributed by atoms with E-state index in [1.165, 1.54) is 7.11 Å². The molecule has 0 aliphatic carbocycles. The maximum atomic E-state index is 11.9. The summed E-state index contributed by atoms with van der Waals surface area (Å²) in [4.78, 5) is 22.8. The Balaban J connectivity index is 2.20. The predicted octanol–water partition coefficient (Wildman–Crippen LogP) is 1.37. The van der Waals surface area contributed by atoms with Crippen molar-refractivity contribution in [3.63, 3.8) is 0 Å². The van der Waals surface area contributed by atoms with Crippen molar-refractivity contribution in [2.24, 2.45) is 0 Å². The zero-order valence-corrected chi connectivity index (χ0v) is 10.0. The number of carbonyl (C=O) groups is 2. The molecule has 1 aromatic heterocycles. The molecule has 0 radical (unpaired) electrons. The van der Waals surface area contributed by atoms with Gasteiger partial charge in [-0.05, 0) is 18.2 Å². The number of H-pyrrole nitrogens is 1. The first-order valence-electron chi connectivity index (χ1n) is 5.34. The van der Waals surface area contributed by atoms with Crippen molar-refractivity contribution in [2.75, 3.05) is 12.4 Å². The minimum absolute atomic E-state index is 0.0420. The summed E-state index contributed by atoms with van der Waals surface area (Å²) in [6, 6.07) is 6.51. The number of hydrogen-bond acceptors (Lipinski definition) is 4. The number of amides is 1. The first kappa shape index (κ1) is 12.6. The Morgan fingerprint density at radius 2 is 2.21 bits per heavy atom. The molecule has 3 N–H and O–H groups in total. The Morgan fingerprint density at radius 3 is 2.89 bits per heavy atom. The lowest BCUT2D eigenvalue weighted by Gasteiger charge is -2.05. The molecule has 0 saturated heterocycles. The van der Waals surface area contributed by atoms with Crippen molar-refractivity contribution in [1.29, 1.82) is 0 Å². The Bertz CT molecular complexity index is 621. The number of rotatable bonds is 4. The molecule has 1 amide bonds. The average Bonchev–Trinajstić information content (AvgIpc) is 2.87. The largest absolute Gasteiger partial charge is 0.497 e. The highest BCUT2D eigenvalue weighted by atomic mass is 16.5. The van der Waals surface area contributed by atoms with Gasteiger partial charge in [-0.2, -0.15) is 5.10 Å². The SMILES string of the molecule is COc1cccc(C(=O)Nc2[nH]ncc2C(=O)O)c1. The summed E-state index contributed by atoms with van der Waals surface area (Å²) in [5.74, 6) is -1.05. The lowest BCUT2D eigenvalue weighted by atomic mass is 10.2. The molecule has 19 heavy (non-hydrogen) atoms. The van der Waals surface area contributed by atoms with Gasteiger partial charge in [0.1, 0.15) is 17.1 Å². The molecule has 0 saturated carbocycles. The molecule has 0 aliphatic rings. The number of hydrogen-bond donors (Lipinski definition) is 3. The summed E-state index contributed by atoms with van der Waals surface area (Å²) in [6.07, 6.45) is 1.13. The number of aromatic amines is 1. The second-order valence-corrected chi connectivity index (χ2v) is 3.65. The first-order chi connectivity index (χ1) is 9.11. The summed E-state index contributed by atoms with van der Waals surface area (Å²) >= 11 is 0. The van der Waals surface area contributed by atoms with Gasteiger partial charge in [0.05, 0.1) is 13.3 Å². The molecule has 1 aromatic carbocycles. The third-order valence-corrected chi connectivity index (χ3v) is 2.44. The monoisotopic (exact) mass is 261 g/mol. The van der Waals surface area contributed by atoms with Gasteiger partial charge in [-0.3, -0.25) is 9.89 Å². The summed E-state index contributed by atoms with van der Waals surface area (Å²) in [5, 5.41) is 17.3. The molecule has 0 fully saturated rings. The van der Waals surface area contributed by atoms with Gasteiger partial charge in [0, 0.05) is 5.56 Å². The quantitative estimate of drug-likeness (QED) is 0.771. The highest BCUT2D eigenvalue weighted by Crippen LogP contribution is 2.16. The highest BCUT2D eigenvalue weighted by Gasteiger charge is 2.15. The fourth-order valence-electron chi connectivity index (χ4n) is 1.49. The second kappa shape index (κ2) is 5.21. The van der Waals surface area contributed by atoms with E-state index in [0.717, 1.165) is 6.20 Å². The second-order valence-electron chi connectivity index (χ2n) is 3.65. The van der Waals surface area contributed by atoms with Crippen LogP contribution < -0.4 is 10.1 Å². The van der Waals surface area contributed by atoms with Crippen LogP contribution in [0.15, 0.2) is 30.5 Å². The minimum atomic E-state index is -1.17. The van der Waals surface area contributed by atoms with Crippen LogP contribution in [-0.4, -0.2) is 34.3 Å². The average molecular weight is 261 g/mol. The van der Waals surface area contributed by atoms with Crippen LogP contribution in [0.25, 0.3) is 0 Å². The molecule has 1 heterocycles.